The van der Waals surface area contributed by atoms with Crippen LogP contribution in [0.4, 0.5) is 8.78 Å². The quantitative estimate of drug-likeness (QED) is 0.718. The fourth-order valence-electron chi connectivity index (χ4n) is 3.74. The number of sulfone groups is 1. The van der Waals surface area contributed by atoms with Gasteiger partial charge in [0.05, 0.1) is 6.54 Å². The molecule has 2 heterocycles. The Labute approximate surface area is 167 Å². The third-order valence-electron chi connectivity index (χ3n) is 5.28. The van der Waals surface area contributed by atoms with Crippen molar-refractivity contribution in [2.75, 3.05) is 32.4 Å². The molecule has 160 valence electrons. The van der Waals surface area contributed by atoms with Gasteiger partial charge in [0.25, 0.3) is 5.91 Å². The zero-order chi connectivity index (χ0) is 21.3. The van der Waals surface area contributed by atoms with Gasteiger partial charge in [-0.05, 0) is 18.9 Å². The van der Waals surface area contributed by atoms with Gasteiger partial charge in [-0.25, -0.2) is 17.2 Å². The number of halogens is 2. The SMILES string of the molecule is CS(=O)(=O)c1cc(F)c(OC2CCN(C3CCN(C(=O)CN)CC3)C2=O)cc1F. The number of ether oxygens (including phenoxy) is 1. The van der Waals surface area contributed by atoms with Gasteiger partial charge in [0, 0.05) is 44.4 Å². The molecule has 1 unspecified atom stereocenters. The van der Waals surface area contributed by atoms with Crippen molar-refractivity contribution in [3.63, 3.8) is 0 Å². The van der Waals surface area contributed by atoms with Gasteiger partial charge in [-0.2, -0.15) is 0 Å². The van der Waals surface area contributed by atoms with Crippen LogP contribution in [0.3, 0.4) is 0 Å². The van der Waals surface area contributed by atoms with E-state index >= 15 is 0 Å². The highest BCUT2D eigenvalue weighted by Gasteiger charge is 2.39. The average molecular weight is 431 g/mol. The molecule has 8 nitrogen and oxygen atoms in total. The second-order valence-corrected chi connectivity index (χ2v) is 9.21. The third kappa shape index (κ3) is 4.50. The topological polar surface area (TPSA) is 110 Å². The Balaban J connectivity index is 1.66. The van der Waals surface area contributed by atoms with E-state index in [-0.39, 0.29) is 24.4 Å². The summed E-state index contributed by atoms with van der Waals surface area (Å²) in [5.41, 5.74) is 5.37. The first-order valence-corrected chi connectivity index (χ1v) is 11.1. The van der Waals surface area contributed by atoms with Crippen molar-refractivity contribution in [3.8, 4) is 5.75 Å². The largest absolute Gasteiger partial charge is 0.477 e. The highest BCUT2D eigenvalue weighted by atomic mass is 32.2. The van der Waals surface area contributed by atoms with E-state index in [1.807, 2.05) is 0 Å². The lowest BCUT2D eigenvalue weighted by Crippen LogP contribution is -2.49. The van der Waals surface area contributed by atoms with E-state index in [0.29, 0.717) is 51.0 Å². The number of carbonyl (C=O) groups is 2. The lowest BCUT2D eigenvalue weighted by atomic mass is 10.0. The predicted molar refractivity (Wildman–Crippen MR) is 98.9 cm³/mol. The Kier molecular flexibility index (Phi) is 6.08. The van der Waals surface area contributed by atoms with Gasteiger partial charge in [-0.15, -0.1) is 0 Å². The third-order valence-corrected chi connectivity index (χ3v) is 6.39. The van der Waals surface area contributed by atoms with Gasteiger partial charge in [-0.3, -0.25) is 9.59 Å². The monoisotopic (exact) mass is 431 g/mol. The van der Waals surface area contributed by atoms with Crippen LogP contribution in [0.5, 0.6) is 5.75 Å². The van der Waals surface area contributed by atoms with Crippen molar-refractivity contribution in [2.45, 2.75) is 36.3 Å². The first-order valence-electron chi connectivity index (χ1n) is 9.26. The van der Waals surface area contributed by atoms with Crippen molar-refractivity contribution in [1.82, 2.24) is 9.80 Å². The Hall–Kier alpha value is -2.27. The van der Waals surface area contributed by atoms with Crippen molar-refractivity contribution < 1.29 is 31.5 Å². The minimum atomic E-state index is -3.93. The van der Waals surface area contributed by atoms with Crippen LogP contribution in [-0.2, 0) is 19.4 Å². The zero-order valence-electron chi connectivity index (χ0n) is 15.9. The maximum Gasteiger partial charge on any atom is 0.263 e. The van der Waals surface area contributed by atoms with E-state index in [1.54, 1.807) is 9.80 Å². The summed E-state index contributed by atoms with van der Waals surface area (Å²) in [6.45, 7) is 1.36. The van der Waals surface area contributed by atoms with Crippen molar-refractivity contribution >= 4 is 21.7 Å². The van der Waals surface area contributed by atoms with Gasteiger partial charge in [0.15, 0.2) is 27.5 Å². The predicted octanol–water partition coefficient (Wildman–Crippen LogP) is 0.298. The van der Waals surface area contributed by atoms with E-state index in [4.69, 9.17) is 10.5 Å². The van der Waals surface area contributed by atoms with E-state index in [1.165, 1.54) is 0 Å². The number of likely N-dealkylation sites (tertiary alicyclic amines) is 2. The van der Waals surface area contributed by atoms with Crippen molar-refractivity contribution in [1.29, 1.82) is 0 Å². The van der Waals surface area contributed by atoms with E-state index < -0.39 is 38.2 Å². The average Bonchev–Trinajstić information content (AvgIpc) is 3.03. The Morgan fingerprint density at radius 1 is 1.17 bits per heavy atom. The van der Waals surface area contributed by atoms with Crippen molar-refractivity contribution in [2.24, 2.45) is 5.73 Å². The molecule has 0 radical (unpaired) electrons. The Bertz CT molecular complexity index is 916. The minimum absolute atomic E-state index is 0.0521. The van der Waals surface area contributed by atoms with Crippen LogP contribution in [0.15, 0.2) is 17.0 Å². The minimum Gasteiger partial charge on any atom is -0.477 e. The molecule has 0 bridgehead atoms. The highest BCUT2D eigenvalue weighted by Crippen LogP contribution is 2.29. The van der Waals surface area contributed by atoms with E-state index in [2.05, 4.69) is 0 Å². The van der Waals surface area contributed by atoms with Crippen LogP contribution in [0.1, 0.15) is 19.3 Å². The lowest BCUT2D eigenvalue weighted by molar-refractivity contribution is -0.137. The van der Waals surface area contributed by atoms with Crippen LogP contribution in [0, 0.1) is 11.6 Å². The number of hydrogen-bond donors (Lipinski definition) is 1. The van der Waals surface area contributed by atoms with Crippen LogP contribution in [-0.4, -0.2) is 74.6 Å². The maximum absolute atomic E-state index is 14.2. The fourth-order valence-corrected chi connectivity index (χ4v) is 4.47. The molecule has 3 rings (SSSR count). The van der Waals surface area contributed by atoms with Crippen LogP contribution >= 0.6 is 0 Å². The molecule has 2 saturated heterocycles. The number of piperidine rings is 1. The smallest absolute Gasteiger partial charge is 0.263 e. The molecule has 2 amide bonds. The molecule has 29 heavy (non-hydrogen) atoms. The van der Waals surface area contributed by atoms with Gasteiger partial charge < -0.3 is 20.3 Å². The highest BCUT2D eigenvalue weighted by molar-refractivity contribution is 7.90. The summed E-state index contributed by atoms with van der Waals surface area (Å²) >= 11 is 0. The standard InChI is InChI=1S/C18H23F2N3O5S/c1-29(26,27)16-9-12(19)15(8-13(16)20)28-14-4-7-23(18(14)25)11-2-5-22(6-3-11)17(24)10-21/h8-9,11,14H,2-7,10,21H2,1H3. The van der Waals surface area contributed by atoms with Gasteiger partial charge in [0.1, 0.15) is 10.7 Å². The number of benzene rings is 1. The summed E-state index contributed by atoms with van der Waals surface area (Å²) in [6, 6.07) is 1.15. The fraction of sp³-hybridized carbons (Fsp3) is 0.556. The van der Waals surface area contributed by atoms with E-state index in [0.717, 1.165) is 6.26 Å². The maximum atomic E-state index is 14.2. The number of nitrogens with two attached hydrogens (primary N) is 1. The Morgan fingerprint density at radius 3 is 2.41 bits per heavy atom. The molecular weight excluding hydrogens is 408 g/mol. The van der Waals surface area contributed by atoms with Gasteiger partial charge in [-0.1, -0.05) is 0 Å². The number of amides is 2. The number of rotatable bonds is 5. The number of hydrogen-bond acceptors (Lipinski definition) is 6. The summed E-state index contributed by atoms with van der Waals surface area (Å²) < 4.78 is 56.6. The second-order valence-electron chi connectivity index (χ2n) is 7.23. The number of nitrogens with zero attached hydrogens (tertiary/aromatic N) is 2. The molecule has 1 aromatic carbocycles. The van der Waals surface area contributed by atoms with Gasteiger partial charge in [0.2, 0.25) is 5.91 Å². The van der Waals surface area contributed by atoms with Crippen LogP contribution < -0.4 is 10.5 Å². The summed E-state index contributed by atoms with van der Waals surface area (Å²) in [5, 5.41) is 0. The Morgan fingerprint density at radius 2 is 1.83 bits per heavy atom. The molecule has 0 spiro atoms. The first-order chi connectivity index (χ1) is 13.6. The van der Waals surface area contributed by atoms with Gasteiger partial charge >= 0.3 is 0 Å². The van der Waals surface area contributed by atoms with Crippen molar-refractivity contribution in [3.05, 3.63) is 23.8 Å². The van der Waals surface area contributed by atoms with Crippen LogP contribution in [0.2, 0.25) is 0 Å². The molecule has 2 aliphatic heterocycles. The normalized spacial score (nSPS) is 21.0. The molecule has 2 N–H and O–H groups in total. The molecule has 0 saturated carbocycles. The summed E-state index contributed by atoms with van der Waals surface area (Å²) in [5.74, 6) is -3.15. The molecule has 2 aliphatic rings. The molecule has 0 aromatic heterocycles. The molecule has 1 aromatic rings. The zero-order valence-corrected chi connectivity index (χ0v) is 16.8. The lowest BCUT2D eigenvalue weighted by Gasteiger charge is -2.36. The summed E-state index contributed by atoms with van der Waals surface area (Å²) in [4.78, 5) is 26.9. The summed E-state index contributed by atoms with van der Waals surface area (Å²) in [7, 11) is -3.93. The second kappa shape index (κ2) is 8.23. The number of carbonyl (C=O) groups excluding carboxylic acids is 2. The molecular formula is C18H23F2N3O5S. The first kappa shape index (κ1) is 21.4. The van der Waals surface area contributed by atoms with Crippen LogP contribution in [0.25, 0.3) is 0 Å². The molecule has 2 fully saturated rings. The molecule has 0 aliphatic carbocycles. The summed E-state index contributed by atoms with van der Waals surface area (Å²) in [6.07, 6.45) is 1.31. The van der Waals surface area contributed by atoms with E-state index in [9.17, 15) is 26.8 Å². The molecule has 11 heteroatoms. The molecule has 1 atom stereocenters.